The van der Waals surface area contributed by atoms with E-state index in [0.717, 1.165) is 0 Å². The Morgan fingerprint density at radius 3 is 2.29 bits per heavy atom. The minimum absolute atomic E-state index is 0.186. The van der Waals surface area contributed by atoms with Crippen molar-refractivity contribution in [2.24, 2.45) is 0 Å². The number of hydrogen-bond acceptors (Lipinski definition) is 3. The number of carbonyl (C=O) groups is 2. The molecule has 1 aromatic rings. The summed E-state index contributed by atoms with van der Waals surface area (Å²) in [5.41, 5.74) is -2.20. The molecule has 0 spiro atoms. The van der Waals surface area contributed by atoms with E-state index in [0.29, 0.717) is 0 Å². The van der Waals surface area contributed by atoms with Crippen LogP contribution in [-0.2, 0) is 16.0 Å². The summed E-state index contributed by atoms with van der Waals surface area (Å²) in [7, 11) is 0. The van der Waals surface area contributed by atoms with Gasteiger partial charge in [0.15, 0.2) is 0 Å². The fourth-order valence-electron chi connectivity index (χ4n) is 1.72. The van der Waals surface area contributed by atoms with Gasteiger partial charge in [-0.15, -0.1) is 0 Å². The van der Waals surface area contributed by atoms with Crippen molar-refractivity contribution in [1.29, 1.82) is 0 Å². The number of carbonyl (C=O) groups excluding carboxylic acids is 1. The van der Waals surface area contributed by atoms with Gasteiger partial charge in [-0.05, 0) is 39.3 Å². The van der Waals surface area contributed by atoms with Crippen molar-refractivity contribution in [3.63, 3.8) is 0 Å². The van der Waals surface area contributed by atoms with Crippen LogP contribution in [0, 0.1) is 5.82 Å². The van der Waals surface area contributed by atoms with E-state index >= 15 is 0 Å². The molecule has 0 aromatic heterocycles. The van der Waals surface area contributed by atoms with Crippen LogP contribution in [-0.4, -0.2) is 28.3 Å². The number of hydrogen-bond donors (Lipinski definition) is 2. The summed E-state index contributed by atoms with van der Waals surface area (Å²) in [4.78, 5) is 23.2. The lowest BCUT2D eigenvalue weighted by Crippen LogP contribution is -2.55. The fourth-order valence-corrected chi connectivity index (χ4v) is 1.72. The molecule has 0 bridgehead atoms. The second-order valence-electron chi connectivity index (χ2n) is 6.03. The van der Waals surface area contributed by atoms with E-state index in [1.807, 2.05) is 0 Å². The molecule has 6 heteroatoms. The van der Waals surface area contributed by atoms with Crippen molar-refractivity contribution in [3.8, 4) is 0 Å². The first-order valence-corrected chi connectivity index (χ1v) is 6.51. The van der Waals surface area contributed by atoms with Crippen molar-refractivity contribution in [2.75, 3.05) is 0 Å². The van der Waals surface area contributed by atoms with Crippen LogP contribution >= 0.6 is 0 Å². The number of benzene rings is 1. The monoisotopic (exact) mass is 297 g/mol. The lowest BCUT2D eigenvalue weighted by Gasteiger charge is -2.28. The molecule has 116 valence electrons. The van der Waals surface area contributed by atoms with E-state index in [2.05, 4.69) is 5.32 Å². The molecule has 0 aliphatic carbocycles. The lowest BCUT2D eigenvalue weighted by molar-refractivity contribution is -0.144. The molecule has 0 saturated carbocycles. The average Bonchev–Trinajstić information content (AvgIpc) is 2.29. The zero-order chi connectivity index (χ0) is 16.3. The second kappa shape index (κ2) is 6.11. The number of nitrogens with one attached hydrogen (secondary N) is 1. The average molecular weight is 297 g/mol. The van der Waals surface area contributed by atoms with Crippen molar-refractivity contribution < 1.29 is 23.8 Å². The van der Waals surface area contributed by atoms with Gasteiger partial charge in [0.2, 0.25) is 0 Å². The summed E-state index contributed by atoms with van der Waals surface area (Å²) >= 11 is 0. The van der Waals surface area contributed by atoms with Crippen molar-refractivity contribution in [3.05, 3.63) is 35.6 Å². The van der Waals surface area contributed by atoms with E-state index in [4.69, 9.17) is 4.74 Å². The van der Waals surface area contributed by atoms with Crippen LogP contribution in [0.2, 0.25) is 0 Å². The third-order valence-electron chi connectivity index (χ3n) is 2.75. The zero-order valence-electron chi connectivity index (χ0n) is 12.6. The Kier molecular flexibility index (Phi) is 4.93. The molecule has 0 aliphatic rings. The molecule has 1 amide bonds. The van der Waals surface area contributed by atoms with Crippen molar-refractivity contribution >= 4 is 12.1 Å². The normalized spacial score (nSPS) is 14.1. The number of amides is 1. The number of carboxylic acid groups (broad SMARTS) is 1. The zero-order valence-corrected chi connectivity index (χ0v) is 12.6. The SMILES string of the molecule is CC(C)(C)OC(=O)N[C@@](C)(Cc1ccccc1F)C(=O)O. The highest BCUT2D eigenvalue weighted by Gasteiger charge is 2.37. The predicted octanol–water partition coefficient (Wildman–Crippen LogP) is 2.74. The largest absolute Gasteiger partial charge is 0.480 e. The molecule has 0 radical (unpaired) electrons. The first kappa shape index (κ1) is 16.9. The van der Waals surface area contributed by atoms with Crippen LogP contribution in [0.25, 0.3) is 0 Å². The Morgan fingerprint density at radius 1 is 1.24 bits per heavy atom. The summed E-state index contributed by atoms with van der Waals surface area (Å²) in [5, 5.41) is 11.6. The Balaban J connectivity index is 2.92. The fraction of sp³-hybridized carbons (Fsp3) is 0.467. The maximum atomic E-state index is 13.7. The molecule has 0 fully saturated rings. The number of carboxylic acids is 1. The lowest BCUT2D eigenvalue weighted by atomic mass is 9.92. The van der Waals surface area contributed by atoms with Crippen molar-refractivity contribution in [1.82, 2.24) is 5.32 Å². The summed E-state index contributed by atoms with van der Waals surface area (Å²) in [6, 6.07) is 5.84. The van der Waals surface area contributed by atoms with Gasteiger partial charge in [0, 0.05) is 6.42 Å². The minimum Gasteiger partial charge on any atom is -0.480 e. The van der Waals surface area contributed by atoms with Gasteiger partial charge >= 0.3 is 12.1 Å². The smallest absolute Gasteiger partial charge is 0.408 e. The van der Waals surface area contributed by atoms with Crippen LogP contribution in [0.15, 0.2) is 24.3 Å². The Bertz CT molecular complexity index is 539. The van der Waals surface area contributed by atoms with Crippen LogP contribution in [0.3, 0.4) is 0 Å². The molecule has 0 aliphatic heterocycles. The van der Waals surface area contributed by atoms with Gasteiger partial charge in [-0.25, -0.2) is 14.0 Å². The van der Waals surface area contributed by atoms with Crippen LogP contribution in [0.4, 0.5) is 9.18 Å². The van der Waals surface area contributed by atoms with Gasteiger partial charge in [0.05, 0.1) is 0 Å². The predicted molar refractivity (Wildman–Crippen MR) is 75.5 cm³/mol. The maximum absolute atomic E-state index is 13.7. The number of ether oxygens (including phenoxy) is 1. The topological polar surface area (TPSA) is 75.6 Å². The Morgan fingerprint density at radius 2 is 1.81 bits per heavy atom. The second-order valence-corrected chi connectivity index (χ2v) is 6.03. The molecule has 1 aromatic carbocycles. The molecule has 0 unspecified atom stereocenters. The number of rotatable bonds is 4. The molecule has 0 saturated heterocycles. The highest BCUT2D eigenvalue weighted by molar-refractivity contribution is 5.84. The molecule has 2 N–H and O–H groups in total. The molecule has 0 heterocycles. The Labute approximate surface area is 123 Å². The first-order chi connectivity index (χ1) is 9.53. The highest BCUT2D eigenvalue weighted by Crippen LogP contribution is 2.18. The third-order valence-corrected chi connectivity index (χ3v) is 2.75. The molecular formula is C15H20FNO4. The maximum Gasteiger partial charge on any atom is 0.408 e. The summed E-state index contributed by atoms with van der Waals surface area (Å²) in [6.07, 6.45) is -1.04. The van der Waals surface area contributed by atoms with Gasteiger partial charge in [-0.2, -0.15) is 0 Å². The Hall–Kier alpha value is -2.11. The first-order valence-electron chi connectivity index (χ1n) is 6.51. The standard InChI is InChI=1S/C15H20FNO4/c1-14(2,3)21-13(20)17-15(4,12(18)19)9-10-7-5-6-8-11(10)16/h5-8H,9H2,1-4H3,(H,17,20)(H,18,19)/t15-/m0/s1. The molecule has 1 atom stereocenters. The van der Waals surface area contributed by atoms with Crippen LogP contribution < -0.4 is 5.32 Å². The number of aliphatic carboxylic acids is 1. The number of halogens is 1. The van der Waals surface area contributed by atoms with E-state index in [9.17, 15) is 19.1 Å². The molecule has 1 rings (SSSR count). The minimum atomic E-state index is -1.66. The van der Waals surface area contributed by atoms with Gasteiger partial charge in [0.25, 0.3) is 0 Å². The molecule has 5 nitrogen and oxygen atoms in total. The van der Waals surface area contributed by atoms with E-state index in [1.54, 1.807) is 26.8 Å². The van der Waals surface area contributed by atoms with Crippen LogP contribution in [0.5, 0.6) is 0 Å². The molecule has 21 heavy (non-hydrogen) atoms. The van der Waals surface area contributed by atoms with E-state index in [-0.39, 0.29) is 12.0 Å². The van der Waals surface area contributed by atoms with Gasteiger partial charge in [-0.3, -0.25) is 0 Å². The third kappa shape index (κ3) is 5.06. The summed E-state index contributed by atoms with van der Waals surface area (Å²) < 4.78 is 18.7. The van der Waals surface area contributed by atoms with Gasteiger partial charge < -0.3 is 15.2 Å². The van der Waals surface area contributed by atoms with Gasteiger partial charge in [0.1, 0.15) is 17.0 Å². The van der Waals surface area contributed by atoms with Gasteiger partial charge in [-0.1, -0.05) is 18.2 Å². The quantitative estimate of drug-likeness (QED) is 0.896. The van der Waals surface area contributed by atoms with E-state index in [1.165, 1.54) is 25.1 Å². The molecular weight excluding hydrogens is 277 g/mol. The summed E-state index contributed by atoms with van der Waals surface area (Å²) in [5.74, 6) is -1.78. The van der Waals surface area contributed by atoms with E-state index < -0.39 is 29.0 Å². The highest BCUT2D eigenvalue weighted by atomic mass is 19.1. The van der Waals surface area contributed by atoms with Crippen LogP contribution in [0.1, 0.15) is 33.3 Å². The number of alkyl carbamates (subject to hydrolysis) is 1. The summed E-state index contributed by atoms with van der Waals surface area (Å²) in [6.45, 7) is 6.32. The van der Waals surface area contributed by atoms with Crippen molar-refractivity contribution in [2.45, 2.75) is 45.3 Å².